The molecule has 2 heterocycles. The highest BCUT2D eigenvalue weighted by Gasteiger charge is 2.16. The number of rotatable bonds is 6. The van der Waals surface area contributed by atoms with Crippen molar-refractivity contribution in [1.82, 2.24) is 15.0 Å². The molecule has 1 aromatic carbocycles. The van der Waals surface area contributed by atoms with Gasteiger partial charge < -0.3 is 25.5 Å². The van der Waals surface area contributed by atoms with Gasteiger partial charge in [0.25, 0.3) is 11.5 Å². The zero-order valence-electron chi connectivity index (χ0n) is 15.2. The Balaban J connectivity index is 1.90. The van der Waals surface area contributed by atoms with Crippen LogP contribution in [0.5, 0.6) is 0 Å². The summed E-state index contributed by atoms with van der Waals surface area (Å²) in [5.74, 6) is -1.09. The number of aliphatic hydroxyl groups excluding tert-OH is 1. The number of esters is 1. The maximum Gasteiger partial charge on any atom is 0.337 e. The zero-order chi connectivity index (χ0) is 21.0. The van der Waals surface area contributed by atoms with E-state index >= 15 is 0 Å². The molecule has 3 rings (SSSR count). The topological polar surface area (TPSA) is 146 Å². The average molecular weight is 418 g/mol. The van der Waals surface area contributed by atoms with Crippen molar-refractivity contribution in [2.75, 3.05) is 30.9 Å². The van der Waals surface area contributed by atoms with Gasteiger partial charge in [0.2, 0.25) is 5.95 Å². The Kier molecular flexibility index (Phi) is 6.05. The number of hydrogen-bond donors (Lipinski definition) is 4. The van der Waals surface area contributed by atoms with E-state index in [1.165, 1.54) is 37.6 Å². The van der Waals surface area contributed by atoms with Gasteiger partial charge >= 0.3 is 5.97 Å². The van der Waals surface area contributed by atoms with Gasteiger partial charge in [-0.2, -0.15) is 4.98 Å². The number of amides is 1. The predicted molar refractivity (Wildman–Crippen MR) is 106 cm³/mol. The molecule has 0 fully saturated rings. The number of methoxy groups -OCH3 is 1. The molecule has 0 saturated carbocycles. The Hall–Kier alpha value is -3.50. The molecule has 150 valence electrons. The van der Waals surface area contributed by atoms with Crippen LogP contribution in [0.3, 0.4) is 0 Å². The van der Waals surface area contributed by atoms with E-state index in [-0.39, 0.29) is 46.6 Å². The molecule has 2 aromatic heterocycles. The number of aromatic nitrogens is 3. The quantitative estimate of drug-likeness (QED) is 0.440. The summed E-state index contributed by atoms with van der Waals surface area (Å²) < 4.78 is 4.64. The first-order valence-corrected chi connectivity index (χ1v) is 8.74. The molecule has 3 aromatic rings. The van der Waals surface area contributed by atoms with Crippen LogP contribution in [-0.4, -0.2) is 52.2 Å². The Labute approximate surface area is 168 Å². The summed E-state index contributed by atoms with van der Waals surface area (Å²) in [4.78, 5) is 47.3. The van der Waals surface area contributed by atoms with Gasteiger partial charge in [0, 0.05) is 18.1 Å². The van der Waals surface area contributed by atoms with Crippen molar-refractivity contribution in [2.24, 2.45) is 0 Å². The smallest absolute Gasteiger partial charge is 0.337 e. The fourth-order valence-corrected chi connectivity index (χ4v) is 2.63. The lowest BCUT2D eigenvalue weighted by Gasteiger charge is -2.09. The summed E-state index contributed by atoms with van der Waals surface area (Å²) in [5.41, 5.74) is -0.277. The molecule has 0 spiro atoms. The van der Waals surface area contributed by atoms with Crippen molar-refractivity contribution < 1.29 is 19.4 Å². The summed E-state index contributed by atoms with van der Waals surface area (Å²) in [5, 5.41) is 14.7. The number of nitrogens with zero attached hydrogens (tertiary/aromatic N) is 2. The lowest BCUT2D eigenvalue weighted by atomic mass is 10.1. The van der Waals surface area contributed by atoms with Gasteiger partial charge in [0.1, 0.15) is 11.2 Å². The van der Waals surface area contributed by atoms with Gasteiger partial charge in [0.05, 0.1) is 30.0 Å². The van der Waals surface area contributed by atoms with Crippen molar-refractivity contribution >= 4 is 46.1 Å². The van der Waals surface area contributed by atoms with Gasteiger partial charge in [0.15, 0.2) is 0 Å². The number of anilines is 2. The summed E-state index contributed by atoms with van der Waals surface area (Å²) >= 11 is 6.07. The fourth-order valence-electron chi connectivity index (χ4n) is 2.47. The molecule has 0 aliphatic rings. The number of nitrogens with one attached hydrogen (secondary N) is 3. The second-order valence-corrected chi connectivity index (χ2v) is 6.21. The second-order valence-electron chi connectivity index (χ2n) is 5.80. The third-order valence-corrected chi connectivity index (χ3v) is 4.20. The molecule has 0 saturated heterocycles. The van der Waals surface area contributed by atoms with Crippen molar-refractivity contribution in [3.05, 3.63) is 57.0 Å². The Morgan fingerprint density at radius 2 is 2.10 bits per heavy atom. The van der Waals surface area contributed by atoms with Gasteiger partial charge in [-0.05, 0) is 24.3 Å². The number of carbonyl (C=O) groups is 2. The number of ether oxygens (including phenoxy) is 1. The van der Waals surface area contributed by atoms with E-state index in [0.29, 0.717) is 5.39 Å². The Bertz CT molecular complexity index is 1150. The largest absolute Gasteiger partial charge is 0.465 e. The molecular weight excluding hydrogens is 402 g/mol. The minimum absolute atomic E-state index is 0.100. The fraction of sp³-hybridized carbons (Fsp3) is 0.167. The zero-order valence-corrected chi connectivity index (χ0v) is 15.9. The van der Waals surface area contributed by atoms with Crippen LogP contribution in [0.1, 0.15) is 20.7 Å². The third kappa shape index (κ3) is 4.50. The molecule has 10 nitrogen and oxygen atoms in total. The van der Waals surface area contributed by atoms with Crippen molar-refractivity contribution in [1.29, 1.82) is 0 Å². The molecule has 0 bridgehead atoms. The summed E-state index contributed by atoms with van der Waals surface area (Å²) in [6.45, 7) is 0.151. The first-order chi connectivity index (χ1) is 13.9. The van der Waals surface area contributed by atoms with Crippen molar-refractivity contribution in [3.8, 4) is 0 Å². The second kappa shape index (κ2) is 8.67. The number of pyridine rings is 1. The van der Waals surface area contributed by atoms with Crippen LogP contribution in [-0.2, 0) is 4.74 Å². The van der Waals surface area contributed by atoms with Crippen LogP contribution in [0.25, 0.3) is 11.0 Å². The Morgan fingerprint density at radius 1 is 1.31 bits per heavy atom. The van der Waals surface area contributed by atoms with Crippen molar-refractivity contribution in [2.45, 2.75) is 0 Å². The Morgan fingerprint density at radius 3 is 2.83 bits per heavy atom. The van der Waals surface area contributed by atoms with E-state index in [0.717, 1.165) is 0 Å². The lowest BCUT2D eigenvalue weighted by molar-refractivity contribution is 0.0600. The van der Waals surface area contributed by atoms with Crippen molar-refractivity contribution in [3.63, 3.8) is 0 Å². The standard InChI is InChI=1S/C18H16ClN5O5/c1-29-17(28)9-2-3-12(19)13(7-9)22-15(26)11-6-10-8-21-18(20-4-5-25)24-14(10)23-16(11)27/h2-3,6-8,25H,4-5H2,1H3,(H,22,26)(H2,20,21,23,24,27). The summed E-state index contributed by atoms with van der Waals surface area (Å²) in [7, 11) is 1.23. The number of fused-ring (bicyclic) bond motifs is 1. The average Bonchev–Trinajstić information content (AvgIpc) is 2.72. The minimum atomic E-state index is -0.723. The number of halogens is 1. The monoisotopic (exact) mass is 417 g/mol. The maximum atomic E-state index is 12.6. The van der Waals surface area contributed by atoms with Crippen LogP contribution >= 0.6 is 11.6 Å². The highest BCUT2D eigenvalue weighted by molar-refractivity contribution is 6.34. The number of aliphatic hydroxyl groups is 1. The van der Waals surface area contributed by atoms with E-state index in [9.17, 15) is 14.4 Å². The molecule has 0 radical (unpaired) electrons. The van der Waals surface area contributed by atoms with Crippen LogP contribution < -0.4 is 16.2 Å². The maximum absolute atomic E-state index is 12.6. The number of carbonyl (C=O) groups excluding carboxylic acids is 2. The molecule has 0 atom stereocenters. The van der Waals surface area contributed by atoms with E-state index in [4.69, 9.17) is 16.7 Å². The summed E-state index contributed by atoms with van der Waals surface area (Å²) in [6.07, 6.45) is 1.43. The molecule has 1 amide bonds. The number of H-pyrrole nitrogens is 1. The predicted octanol–water partition coefficient (Wildman–Crippen LogP) is 1.41. The van der Waals surface area contributed by atoms with E-state index in [1.54, 1.807) is 0 Å². The summed E-state index contributed by atoms with van der Waals surface area (Å²) in [6, 6.07) is 5.58. The number of hydrogen-bond acceptors (Lipinski definition) is 8. The highest BCUT2D eigenvalue weighted by Crippen LogP contribution is 2.24. The van der Waals surface area contributed by atoms with E-state index < -0.39 is 17.4 Å². The van der Waals surface area contributed by atoms with Gasteiger partial charge in [-0.25, -0.2) is 9.78 Å². The SMILES string of the molecule is COC(=O)c1ccc(Cl)c(NC(=O)c2cc3cnc(NCCO)nc3[nH]c2=O)c1. The number of benzene rings is 1. The van der Waals surface area contributed by atoms with Gasteiger partial charge in [-0.1, -0.05) is 11.6 Å². The van der Waals surface area contributed by atoms with Gasteiger partial charge in [-0.3, -0.25) is 9.59 Å². The molecule has 4 N–H and O–H groups in total. The first kappa shape index (κ1) is 20.2. The lowest BCUT2D eigenvalue weighted by Crippen LogP contribution is -2.23. The number of aromatic amines is 1. The third-order valence-electron chi connectivity index (χ3n) is 3.87. The highest BCUT2D eigenvalue weighted by atomic mass is 35.5. The van der Waals surface area contributed by atoms with E-state index in [1.807, 2.05) is 0 Å². The molecule has 29 heavy (non-hydrogen) atoms. The van der Waals surface area contributed by atoms with Crippen LogP contribution in [0.15, 0.2) is 35.3 Å². The minimum Gasteiger partial charge on any atom is -0.465 e. The molecule has 0 aliphatic carbocycles. The molecule has 11 heteroatoms. The van der Waals surface area contributed by atoms with E-state index in [2.05, 4.69) is 30.3 Å². The molecule has 0 aliphatic heterocycles. The van der Waals surface area contributed by atoms with Gasteiger partial charge in [-0.15, -0.1) is 0 Å². The normalized spacial score (nSPS) is 10.6. The van der Waals surface area contributed by atoms with Crippen LogP contribution in [0.2, 0.25) is 5.02 Å². The molecule has 0 unspecified atom stereocenters. The first-order valence-electron chi connectivity index (χ1n) is 8.37. The molecular formula is C18H16ClN5O5. The van der Waals surface area contributed by atoms with Crippen LogP contribution in [0, 0.1) is 0 Å². The van der Waals surface area contributed by atoms with Crippen LogP contribution in [0.4, 0.5) is 11.6 Å².